The molecule has 0 unspecified atom stereocenters. The molecular formula is C9H8Cl2N2O2S. The third-order valence-electron chi connectivity index (χ3n) is 1.53. The van der Waals surface area contributed by atoms with Gasteiger partial charge in [0.15, 0.2) is 0 Å². The van der Waals surface area contributed by atoms with Gasteiger partial charge in [-0.15, -0.1) is 11.8 Å². The summed E-state index contributed by atoms with van der Waals surface area (Å²) in [7, 11) is 0. The van der Waals surface area contributed by atoms with Gasteiger partial charge in [0, 0.05) is 4.90 Å². The van der Waals surface area contributed by atoms with Crippen LogP contribution < -0.4 is 11.1 Å². The summed E-state index contributed by atoms with van der Waals surface area (Å²) in [4.78, 5) is 22.1. The number of carbonyl (C=O) groups is 2. The first-order chi connectivity index (χ1) is 7.50. The average Bonchev–Trinajstić information content (AvgIpc) is 2.15. The van der Waals surface area contributed by atoms with E-state index in [9.17, 15) is 9.59 Å². The number of benzene rings is 1. The van der Waals surface area contributed by atoms with E-state index in [2.05, 4.69) is 0 Å². The number of nitrogens with two attached hydrogens (primary N) is 1. The van der Waals surface area contributed by atoms with E-state index in [4.69, 9.17) is 28.9 Å². The monoisotopic (exact) mass is 278 g/mol. The van der Waals surface area contributed by atoms with Crippen molar-refractivity contribution in [2.75, 3.05) is 5.75 Å². The molecule has 0 saturated heterocycles. The second-order valence-electron chi connectivity index (χ2n) is 2.75. The predicted octanol–water partition coefficient (Wildman–Crippen LogP) is 2.28. The van der Waals surface area contributed by atoms with Gasteiger partial charge in [0.1, 0.15) is 0 Å². The van der Waals surface area contributed by atoms with Crippen molar-refractivity contribution in [3.63, 3.8) is 0 Å². The fourth-order valence-electron chi connectivity index (χ4n) is 0.932. The van der Waals surface area contributed by atoms with Crippen molar-refractivity contribution in [3.8, 4) is 0 Å². The molecule has 3 N–H and O–H groups in total. The third-order valence-corrected chi connectivity index (χ3v) is 3.52. The van der Waals surface area contributed by atoms with Crippen molar-refractivity contribution in [2.24, 2.45) is 5.73 Å². The lowest BCUT2D eigenvalue weighted by Gasteiger charge is -2.05. The third kappa shape index (κ3) is 3.92. The fourth-order valence-corrected chi connectivity index (χ4v) is 2.42. The van der Waals surface area contributed by atoms with E-state index < -0.39 is 11.9 Å². The van der Waals surface area contributed by atoms with Crippen molar-refractivity contribution in [1.82, 2.24) is 5.32 Å². The second kappa shape index (κ2) is 5.98. The van der Waals surface area contributed by atoms with E-state index in [0.717, 1.165) is 11.8 Å². The summed E-state index contributed by atoms with van der Waals surface area (Å²) in [5.74, 6) is -0.472. The van der Waals surface area contributed by atoms with Gasteiger partial charge in [0.25, 0.3) is 0 Å². The highest BCUT2D eigenvalue weighted by Gasteiger charge is 2.10. The number of hydrogen-bond donors (Lipinski definition) is 2. The van der Waals surface area contributed by atoms with Gasteiger partial charge in [-0.2, -0.15) is 0 Å². The molecule has 4 nitrogen and oxygen atoms in total. The second-order valence-corrected chi connectivity index (χ2v) is 4.55. The van der Waals surface area contributed by atoms with E-state index in [0.29, 0.717) is 14.9 Å². The van der Waals surface area contributed by atoms with Gasteiger partial charge in [-0.3, -0.25) is 10.1 Å². The van der Waals surface area contributed by atoms with E-state index in [1.54, 1.807) is 18.2 Å². The largest absolute Gasteiger partial charge is 0.351 e. The highest BCUT2D eigenvalue weighted by atomic mass is 35.5. The molecule has 7 heteroatoms. The molecule has 1 aromatic carbocycles. The van der Waals surface area contributed by atoms with Gasteiger partial charge in [0.05, 0.1) is 15.8 Å². The summed E-state index contributed by atoms with van der Waals surface area (Å²) in [6.07, 6.45) is 0. The Kier molecular flexibility index (Phi) is 4.92. The standard InChI is InChI=1S/C9H8Cl2N2O2S/c10-5-2-1-3-6(11)8(5)16-4-7(14)13-9(12)15/h1-3H,4H2,(H3,12,13,14,15). The minimum atomic E-state index is -0.879. The van der Waals surface area contributed by atoms with Crippen LogP contribution in [0, 0.1) is 0 Å². The maximum atomic E-state index is 11.1. The number of imide groups is 1. The van der Waals surface area contributed by atoms with Crippen LogP contribution in [0.1, 0.15) is 0 Å². The SMILES string of the molecule is NC(=O)NC(=O)CSc1c(Cl)cccc1Cl. The van der Waals surface area contributed by atoms with Crippen LogP contribution in [-0.2, 0) is 4.79 Å². The summed E-state index contributed by atoms with van der Waals surface area (Å²) >= 11 is 12.9. The molecule has 86 valence electrons. The zero-order valence-electron chi connectivity index (χ0n) is 8.00. The summed E-state index contributed by atoms with van der Waals surface area (Å²) in [5.41, 5.74) is 4.79. The molecule has 3 amide bonds. The Labute approximate surface area is 106 Å². The molecule has 1 aromatic rings. The molecule has 0 spiro atoms. The number of carbonyl (C=O) groups excluding carboxylic acids is 2. The fraction of sp³-hybridized carbons (Fsp3) is 0.111. The molecule has 0 saturated carbocycles. The van der Waals surface area contributed by atoms with Crippen molar-refractivity contribution in [3.05, 3.63) is 28.2 Å². The molecule has 0 radical (unpaired) electrons. The van der Waals surface area contributed by atoms with Crippen LogP contribution in [0.2, 0.25) is 10.0 Å². The maximum absolute atomic E-state index is 11.1. The van der Waals surface area contributed by atoms with Gasteiger partial charge >= 0.3 is 6.03 Å². The molecule has 0 fully saturated rings. The predicted molar refractivity (Wildman–Crippen MR) is 64.9 cm³/mol. The maximum Gasteiger partial charge on any atom is 0.318 e. The molecule has 0 bridgehead atoms. The van der Waals surface area contributed by atoms with Crippen LogP contribution in [0.15, 0.2) is 23.1 Å². The van der Waals surface area contributed by atoms with Crippen LogP contribution in [0.3, 0.4) is 0 Å². The molecule has 0 heterocycles. The number of nitrogens with one attached hydrogen (secondary N) is 1. The lowest BCUT2D eigenvalue weighted by Crippen LogP contribution is -2.36. The Bertz CT molecular complexity index is 406. The van der Waals surface area contributed by atoms with E-state index in [1.165, 1.54) is 0 Å². The molecule has 0 aliphatic rings. The van der Waals surface area contributed by atoms with Crippen molar-refractivity contribution >= 4 is 46.9 Å². The number of primary amides is 1. The van der Waals surface area contributed by atoms with E-state index in [1.807, 2.05) is 5.32 Å². The Morgan fingerprint density at radius 2 is 1.88 bits per heavy atom. The summed E-state index contributed by atoms with van der Waals surface area (Å²) < 4.78 is 0. The summed E-state index contributed by atoms with van der Waals surface area (Å²) in [5, 5.41) is 2.87. The van der Waals surface area contributed by atoms with Crippen LogP contribution >= 0.6 is 35.0 Å². The first-order valence-corrected chi connectivity index (χ1v) is 5.91. The topological polar surface area (TPSA) is 72.2 Å². The molecule has 0 aliphatic heterocycles. The molecule has 16 heavy (non-hydrogen) atoms. The number of rotatable bonds is 3. The Hall–Kier alpha value is -0.910. The van der Waals surface area contributed by atoms with Crippen LogP contribution in [0.4, 0.5) is 4.79 Å². The van der Waals surface area contributed by atoms with Gasteiger partial charge < -0.3 is 5.73 Å². The molecule has 1 rings (SSSR count). The first-order valence-electron chi connectivity index (χ1n) is 4.17. The van der Waals surface area contributed by atoms with Crippen LogP contribution in [0.25, 0.3) is 0 Å². The molecular weight excluding hydrogens is 271 g/mol. The highest BCUT2D eigenvalue weighted by molar-refractivity contribution is 8.00. The zero-order valence-corrected chi connectivity index (χ0v) is 10.3. The van der Waals surface area contributed by atoms with Gasteiger partial charge in [-0.05, 0) is 12.1 Å². The van der Waals surface area contributed by atoms with Gasteiger partial charge in [-0.25, -0.2) is 4.79 Å². The molecule has 0 aromatic heterocycles. The molecule has 0 atom stereocenters. The van der Waals surface area contributed by atoms with E-state index >= 15 is 0 Å². The number of urea groups is 1. The first kappa shape index (κ1) is 13.2. The van der Waals surface area contributed by atoms with Crippen LogP contribution in [0.5, 0.6) is 0 Å². The Morgan fingerprint density at radius 1 is 1.31 bits per heavy atom. The van der Waals surface area contributed by atoms with Crippen molar-refractivity contribution in [1.29, 1.82) is 0 Å². The normalized spacial score (nSPS) is 9.88. The number of halogens is 2. The number of thioether (sulfide) groups is 1. The quantitative estimate of drug-likeness (QED) is 0.834. The van der Waals surface area contributed by atoms with Gasteiger partial charge in [0.2, 0.25) is 5.91 Å². The molecule has 0 aliphatic carbocycles. The minimum absolute atomic E-state index is 0.0202. The van der Waals surface area contributed by atoms with Crippen LogP contribution in [-0.4, -0.2) is 17.7 Å². The Morgan fingerprint density at radius 3 is 2.38 bits per heavy atom. The number of hydrogen-bond acceptors (Lipinski definition) is 3. The smallest absolute Gasteiger partial charge is 0.318 e. The number of amides is 3. The van der Waals surface area contributed by atoms with Gasteiger partial charge in [-0.1, -0.05) is 29.3 Å². The minimum Gasteiger partial charge on any atom is -0.351 e. The van der Waals surface area contributed by atoms with Crippen molar-refractivity contribution in [2.45, 2.75) is 4.90 Å². The summed E-state index contributed by atoms with van der Waals surface area (Å²) in [6, 6.07) is 4.16. The summed E-state index contributed by atoms with van der Waals surface area (Å²) in [6.45, 7) is 0. The average molecular weight is 279 g/mol. The lowest BCUT2D eigenvalue weighted by atomic mass is 10.4. The highest BCUT2D eigenvalue weighted by Crippen LogP contribution is 2.33. The van der Waals surface area contributed by atoms with E-state index in [-0.39, 0.29) is 5.75 Å². The van der Waals surface area contributed by atoms with Crippen molar-refractivity contribution < 1.29 is 9.59 Å². The zero-order chi connectivity index (χ0) is 12.1. The lowest BCUT2D eigenvalue weighted by molar-refractivity contribution is -0.117. The Balaban J connectivity index is 2.61.